The highest BCUT2D eigenvalue weighted by molar-refractivity contribution is 5.55. The molecule has 0 saturated carbocycles. The summed E-state index contributed by atoms with van der Waals surface area (Å²) in [6, 6.07) is 10.5. The minimum Gasteiger partial charge on any atom is -0.366 e. The van der Waals surface area contributed by atoms with Crippen molar-refractivity contribution in [1.29, 1.82) is 0 Å². The number of nitrogens with two attached hydrogens (primary N) is 1. The molecule has 0 radical (unpaired) electrons. The Labute approximate surface area is 119 Å². The summed E-state index contributed by atoms with van der Waals surface area (Å²) in [7, 11) is 0. The van der Waals surface area contributed by atoms with Crippen LogP contribution in [0.15, 0.2) is 42.6 Å². The Morgan fingerprint density at radius 2 is 2.05 bits per heavy atom. The molecule has 106 valence electrons. The maximum atomic E-state index is 14.0. The Balaban J connectivity index is 2.35. The fraction of sp³-hybridized carbons (Fsp3) is 0.312. The molecule has 1 atom stereocenters. The minimum atomic E-state index is -0.344. The monoisotopic (exact) mass is 273 g/mol. The van der Waals surface area contributed by atoms with Gasteiger partial charge in [0.1, 0.15) is 5.82 Å². The van der Waals surface area contributed by atoms with E-state index < -0.39 is 0 Å². The van der Waals surface area contributed by atoms with Gasteiger partial charge in [0, 0.05) is 30.0 Å². The van der Waals surface area contributed by atoms with Gasteiger partial charge in [-0.15, -0.1) is 0 Å². The summed E-state index contributed by atoms with van der Waals surface area (Å²) in [5.41, 5.74) is 8.27. The highest BCUT2D eigenvalue weighted by atomic mass is 19.1. The Morgan fingerprint density at radius 3 is 2.65 bits per heavy atom. The molecule has 0 aliphatic rings. The first-order chi connectivity index (χ1) is 9.63. The van der Waals surface area contributed by atoms with Crippen LogP contribution in [0, 0.1) is 5.82 Å². The molecule has 0 spiro atoms. The van der Waals surface area contributed by atoms with E-state index in [9.17, 15) is 4.39 Å². The number of benzene rings is 1. The van der Waals surface area contributed by atoms with E-state index >= 15 is 0 Å². The van der Waals surface area contributed by atoms with E-state index in [1.54, 1.807) is 19.2 Å². The first-order valence-corrected chi connectivity index (χ1v) is 6.82. The maximum absolute atomic E-state index is 14.0. The molecule has 1 heterocycles. The Bertz CT molecular complexity index is 555. The van der Waals surface area contributed by atoms with Crippen molar-refractivity contribution in [1.82, 2.24) is 4.98 Å². The van der Waals surface area contributed by atoms with E-state index in [1.807, 2.05) is 31.2 Å². The van der Waals surface area contributed by atoms with Gasteiger partial charge < -0.3 is 10.6 Å². The van der Waals surface area contributed by atoms with E-state index in [2.05, 4.69) is 9.88 Å². The Hall–Kier alpha value is -1.94. The third-order valence-electron chi connectivity index (χ3n) is 3.29. The van der Waals surface area contributed by atoms with Gasteiger partial charge in [0.05, 0.1) is 12.2 Å². The highest BCUT2D eigenvalue weighted by Gasteiger charge is 2.17. The Morgan fingerprint density at radius 1 is 1.25 bits per heavy atom. The quantitative estimate of drug-likeness (QED) is 0.909. The molecule has 0 saturated heterocycles. The molecular weight excluding hydrogens is 253 g/mol. The van der Waals surface area contributed by atoms with Crippen LogP contribution in [-0.4, -0.2) is 11.5 Å². The minimum absolute atomic E-state index is 0.253. The number of pyridine rings is 1. The third-order valence-corrected chi connectivity index (χ3v) is 3.29. The van der Waals surface area contributed by atoms with Crippen molar-refractivity contribution in [3.05, 3.63) is 59.7 Å². The molecule has 0 bridgehead atoms. The second-order valence-corrected chi connectivity index (χ2v) is 4.80. The summed E-state index contributed by atoms with van der Waals surface area (Å²) < 4.78 is 14.0. The van der Waals surface area contributed by atoms with Gasteiger partial charge in [-0.25, -0.2) is 4.39 Å². The van der Waals surface area contributed by atoms with Crippen molar-refractivity contribution in [2.75, 3.05) is 11.4 Å². The fourth-order valence-electron chi connectivity index (χ4n) is 2.31. The van der Waals surface area contributed by atoms with Crippen molar-refractivity contribution in [3.63, 3.8) is 0 Å². The number of hydrogen-bond donors (Lipinski definition) is 1. The number of anilines is 1. The van der Waals surface area contributed by atoms with E-state index in [-0.39, 0.29) is 11.9 Å². The van der Waals surface area contributed by atoms with Crippen LogP contribution in [0.2, 0.25) is 0 Å². The molecule has 2 rings (SSSR count). The Kier molecular flexibility index (Phi) is 4.69. The third kappa shape index (κ3) is 3.14. The van der Waals surface area contributed by atoms with Crippen molar-refractivity contribution in [2.24, 2.45) is 5.73 Å². The summed E-state index contributed by atoms with van der Waals surface area (Å²) in [4.78, 5) is 6.41. The van der Waals surface area contributed by atoms with E-state index in [1.165, 1.54) is 6.07 Å². The molecule has 1 aromatic carbocycles. The average molecular weight is 273 g/mol. The highest BCUT2D eigenvalue weighted by Crippen LogP contribution is 2.28. The first-order valence-electron chi connectivity index (χ1n) is 6.82. The van der Waals surface area contributed by atoms with Crippen LogP contribution in [0.3, 0.4) is 0 Å². The predicted octanol–water partition coefficient (Wildman–Crippen LogP) is 3.27. The lowest BCUT2D eigenvalue weighted by atomic mass is 10.0. The van der Waals surface area contributed by atoms with Gasteiger partial charge in [0.2, 0.25) is 0 Å². The number of hydrogen-bond acceptors (Lipinski definition) is 3. The zero-order chi connectivity index (χ0) is 14.5. The van der Waals surface area contributed by atoms with E-state index in [0.717, 1.165) is 17.9 Å². The molecule has 0 aliphatic carbocycles. The van der Waals surface area contributed by atoms with Gasteiger partial charge in [0.25, 0.3) is 0 Å². The van der Waals surface area contributed by atoms with E-state index in [0.29, 0.717) is 12.1 Å². The molecule has 4 heteroatoms. The van der Waals surface area contributed by atoms with Crippen LogP contribution in [0.4, 0.5) is 10.1 Å². The molecule has 0 aliphatic heterocycles. The topological polar surface area (TPSA) is 42.2 Å². The predicted molar refractivity (Wildman–Crippen MR) is 80.0 cm³/mol. The van der Waals surface area contributed by atoms with Crippen molar-refractivity contribution in [2.45, 2.75) is 26.4 Å². The lowest BCUT2D eigenvalue weighted by Crippen LogP contribution is -2.25. The molecule has 2 N–H and O–H groups in total. The molecule has 0 amide bonds. The van der Waals surface area contributed by atoms with Crippen molar-refractivity contribution < 1.29 is 4.39 Å². The largest absolute Gasteiger partial charge is 0.366 e. The SMILES string of the molecule is CCN(Cc1ccccn1)c1cccc(F)c1C(C)N. The lowest BCUT2D eigenvalue weighted by molar-refractivity contribution is 0.591. The summed E-state index contributed by atoms with van der Waals surface area (Å²) in [6.45, 7) is 5.25. The van der Waals surface area contributed by atoms with Gasteiger partial charge in [0.15, 0.2) is 0 Å². The van der Waals surface area contributed by atoms with Crippen LogP contribution >= 0.6 is 0 Å². The number of rotatable bonds is 5. The molecule has 0 fully saturated rings. The summed E-state index contributed by atoms with van der Waals surface area (Å²) in [6.07, 6.45) is 1.77. The lowest BCUT2D eigenvalue weighted by Gasteiger charge is -2.27. The number of halogens is 1. The molecule has 1 unspecified atom stereocenters. The van der Waals surface area contributed by atoms with Gasteiger partial charge >= 0.3 is 0 Å². The summed E-state index contributed by atoms with van der Waals surface area (Å²) in [5, 5.41) is 0. The molecule has 20 heavy (non-hydrogen) atoms. The van der Waals surface area contributed by atoms with Gasteiger partial charge in [-0.2, -0.15) is 0 Å². The molecule has 2 aromatic rings. The van der Waals surface area contributed by atoms with Crippen LogP contribution in [0.5, 0.6) is 0 Å². The fourth-order valence-corrected chi connectivity index (χ4v) is 2.31. The average Bonchev–Trinajstić information content (AvgIpc) is 2.45. The first kappa shape index (κ1) is 14.5. The smallest absolute Gasteiger partial charge is 0.130 e. The zero-order valence-corrected chi connectivity index (χ0v) is 11.9. The van der Waals surface area contributed by atoms with Gasteiger partial charge in [-0.3, -0.25) is 4.98 Å². The van der Waals surface area contributed by atoms with Crippen LogP contribution < -0.4 is 10.6 Å². The second kappa shape index (κ2) is 6.48. The van der Waals surface area contributed by atoms with Crippen molar-refractivity contribution >= 4 is 5.69 Å². The normalized spacial score (nSPS) is 12.2. The second-order valence-electron chi connectivity index (χ2n) is 4.80. The zero-order valence-electron chi connectivity index (χ0n) is 11.9. The van der Waals surface area contributed by atoms with Gasteiger partial charge in [-0.05, 0) is 38.1 Å². The maximum Gasteiger partial charge on any atom is 0.130 e. The summed E-state index contributed by atoms with van der Waals surface area (Å²) in [5.74, 6) is -0.253. The molecule has 1 aromatic heterocycles. The summed E-state index contributed by atoms with van der Waals surface area (Å²) >= 11 is 0. The van der Waals surface area contributed by atoms with Crippen molar-refractivity contribution in [3.8, 4) is 0 Å². The molecular formula is C16H20FN3. The number of aromatic nitrogens is 1. The van der Waals surface area contributed by atoms with Crippen LogP contribution in [-0.2, 0) is 6.54 Å². The molecule has 3 nitrogen and oxygen atoms in total. The van der Waals surface area contributed by atoms with Crippen LogP contribution in [0.25, 0.3) is 0 Å². The standard InChI is InChI=1S/C16H20FN3/c1-3-20(11-13-7-4-5-10-19-13)15-9-6-8-14(17)16(15)12(2)18/h4-10,12H,3,11,18H2,1-2H3. The number of nitrogens with zero attached hydrogens (tertiary/aromatic N) is 2. The van der Waals surface area contributed by atoms with Gasteiger partial charge in [-0.1, -0.05) is 12.1 Å². The van der Waals surface area contributed by atoms with Crippen LogP contribution in [0.1, 0.15) is 31.1 Å². The van der Waals surface area contributed by atoms with E-state index in [4.69, 9.17) is 5.73 Å².